The van der Waals surface area contributed by atoms with Gasteiger partial charge in [0, 0.05) is 11.5 Å². The van der Waals surface area contributed by atoms with Crippen molar-refractivity contribution in [1.82, 2.24) is 39.2 Å². The fourth-order valence-corrected chi connectivity index (χ4v) is 5.98. The second-order valence-corrected chi connectivity index (χ2v) is 9.81. The van der Waals surface area contributed by atoms with Crippen molar-refractivity contribution >= 4 is 57.1 Å². The third-order valence-electron chi connectivity index (χ3n) is 5.73. The van der Waals surface area contributed by atoms with Gasteiger partial charge < -0.3 is 0 Å². The molecule has 2 N–H and O–H groups in total. The smallest absolute Gasteiger partial charge is 0.231 e. The Labute approximate surface area is 201 Å². The molecule has 7 aromatic rings. The van der Waals surface area contributed by atoms with Crippen LogP contribution in [0, 0.1) is 0 Å². The van der Waals surface area contributed by atoms with E-state index < -0.39 is 0 Å². The van der Waals surface area contributed by atoms with E-state index in [1.165, 1.54) is 11.1 Å². The van der Waals surface area contributed by atoms with E-state index in [4.69, 9.17) is 0 Å². The number of aromatic amines is 2. The van der Waals surface area contributed by atoms with Crippen LogP contribution in [0.25, 0.3) is 33.6 Å². The van der Waals surface area contributed by atoms with Gasteiger partial charge in [-0.3, -0.25) is 8.80 Å². The van der Waals surface area contributed by atoms with Gasteiger partial charge in [0.05, 0.1) is 22.1 Å². The summed E-state index contributed by atoms with van der Waals surface area (Å²) in [5.41, 5.74) is 6.57. The molecule has 0 unspecified atom stereocenters. The molecule has 0 fully saturated rings. The SMILES string of the molecule is c1cc(CSc2n[nH]c3nc4ccccc4n23)cc(CSc2n[nH]c3nc4ccccc4n23)c1. The fraction of sp³-hybridized carbons (Fsp3) is 0.0833. The molecule has 0 saturated carbocycles. The Morgan fingerprint density at radius 2 is 1.12 bits per heavy atom. The molecule has 166 valence electrons. The first kappa shape index (κ1) is 19.7. The maximum atomic E-state index is 4.60. The summed E-state index contributed by atoms with van der Waals surface area (Å²) in [7, 11) is 0. The van der Waals surface area contributed by atoms with Crippen LogP contribution >= 0.6 is 23.5 Å². The lowest BCUT2D eigenvalue weighted by Gasteiger charge is -2.05. The van der Waals surface area contributed by atoms with Gasteiger partial charge >= 0.3 is 0 Å². The third-order valence-corrected chi connectivity index (χ3v) is 7.75. The van der Waals surface area contributed by atoms with Crippen LogP contribution in [0.5, 0.6) is 0 Å². The maximum absolute atomic E-state index is 4.60. The highest BCUT2D eigenvalue weighted by molar-refractivity contribution is 7.98. The number of fused-ring (bicyclic) bond motifs is 6. The molecule has 0 spiro atoms. The Balaban J connectivity index is 1.10. The van der Waals surface area contributed by atoms with Gasteiger partial charge in [-0.25, -0.2) is 20.2 Å². The Morgan fingerprint density at radius 1 is 0.618 bits per heavy atom. The highest BCUT2D eigenvalue weighted by Crippen LogP contribution is 2.28. The van der Waals surface area contributed by atoms with Crippen molar-refractivity contribution in [1.29, 1.82) is 0 Å². The fourth-order valence-electron chi connectivity index (χ4n) is 4.18. The van der Waals surface area contributed by atoms with Crippen molar-refractivity contribution in [3.05, 3.63) is 83.9 Å². The number of imidazole rings is 2. The first-order valence-electron chi connectivity index (χ1n) is 10.8. The van der Waals surface area contributed by atoms with Crippen molar-refractivity contribution in [2.75, 3.05) is 0 Å². The molecule has 0 saturated heterocycles. The Morgan fingerprint density at radius 3 is 1.65 bits per heavy atom. The summed E-state index contributed by atoms with van der Waals surface area (Å²) in [5, 5.41) is 16.9. The molecule has 0 atom stereocenters. The average Bonchev–Trinajstić information content (AvgIpc) is 3.62. The molecule has 0 bridgehead atoms. The third kappa shape index (κ3) is 3.25. The van der Waals surface area contributed by atoms with Crippen LogP contribution in [0.2, 0.25) is 0 Å². The zero-order valence-corrected chi connectivity index (χ0v) is 19.5. The normalized spacial score (nSPS) is 12.0. The molecule has 0 radical (unpaired) electrons. The number of H-pyrrole nitrogens is 2. The van der Waals surface area contributed by atoms with Crippen molar-refractivity contribution in [2.45, 2.75) is 21.8 Å². The summed E-state index contributed by atoms with van der Waals surface area (Å²) in [6.45, 7) is 0. The van der Waals surface area contributed by atoms with Crippen LogP contribution in [-0.4, -0.2) is 39.2 Å². The van der Waals surface area contributed by atoms with Gasteiger partial charge in [-0.1, -0.05) is 72.1 Å². The summed E-state index contributed by atoms with van der Waals surface area (Å²) in [5.74, 6) is 3.19. The lowest BCUT2D eigenvalue weighted by molar-refractivity contribution is 0.939. The van der Waals surface area contributed by atoms with Gasteiger partial charge in [0.15, 0.2) is 10.3 Å². The Bertz CT molecular complexity index is 1660. The van der Waals surface area contributed by atoms with Crippen molar-refractivity contribution in [3.63, 3.8) is 0 Å². The standard InChI is InChI=1S/C24H18N8S2/c1-3-10-19-17(8-1)25-21-27-29-23(31(19)21)33-13-15-6-5-7-16(12-15)14-34-24-30-28-22-26-18-9-2-4-11-20(18)32(22)24/h1-12H,13-14H2,(H,25,27)(H,26,28). The number of benzene rings is 3. The van der Waals surface area contributed by atoms with Gasteiger partial charge in [-0.2, -0.15) is 0 Å². The van der Waals surface area contributed by atoms with Crippen molar-refractivity contribution < 1.29 is 0 Å². The van der Waals surface area contributed by atoms with Crippen LogP contribution in [0.4, 0.5) is 0 Å². The number of nitrogens with one attached hydrogen (secondary N) is 2. The van der Waals surface area contributed by atoms with Gasteiger partial charge in [0.25, 0.3) is 0 Å². The van der Waals surface area contributed by atoms with Gasteiger partial charge in [-0.15, -0.1) is 10.2 Å². The van der Waals surface area contributed by atoms with E-state index in [0.717, 1.165) is 55.4 Å². The van der Waals surface area contributed by atoms with Gasteiger partial charge in [0.1, 0.15) is 0 Å². The molecule has 8 nitrogen and oxygen atoms in total. The highest BCUT2D eigenvalue weighted by atomic mass is 32.2. The second-order valence-electron chi connectivity index (χ2n) is 7.93. The quantitative estimate of drug-likeness (QED) is 0.312. The number of thioether (sulfide) groups is 2. The minimum Gasteiger partial charge on any atom is -0.254 e. The summed E-state index contributed by atoms with van der Waals surface area (Å²) < 4.78 is 4.16. The predicted molar refractivity (Wildman–Crippen MR) is 135 cm³/mol. The zero-order chi connectivity index (χ0) is 22.5. The topological polar surface area (TPSA) is 92.0 Å². The molecule has 0 amide bonds. The first-order chi connectivity index (χ1) is 16.8. The summed E-state index contributed by atoms with van der Waals surface area (Å²) in [6.07, 6.45) is 0. The molecular formula is C24H18N8S2. The largest absolute Gasteiger partial charge is 0.254 e. The molecule has 34 heavy (non-hydrogen) atoms. The van der Waals surface area contributed by atoms with Crippen molar-refractivity contribution in [2.24, 2.45) is 0 Å². The predicted octanol–water partition coefficient (Wildman–Crippen LogP) is 5.32. The van der Waals surface area contributed by atoms with Gasteiger partial charge in [-0.05, 0) is 35.4 Å². The maximum Gasteiger partial charge on any atom is 0.231 e. The number of rotatable bonds is 6. The molecule has 0 aliphatic rings. The minimum absolute atomic E-state index is 0.770. The molecule has 3 aromatic carbocycles. The van der Waals surface area contributed by atoms with Crippen LogP contribution in [0.3, 0.4) is 0 Å². The molecular weight excluding hydrogens is 464 g/mol. The molecule has 7 rings (SSSR count). The summed E-state index contributed by atoms with van der Waals surface area (Å²) >= 11 is 3.40. The lowest BCUT2D eigenvalue weighted by atomic mass is 10.2. The lowest BCUT2D eigenvalue weighted by Crippen LogP contribution is -1.90. The van der Waals surface area contributed by atoms with Crippen LogP contribution in [-0.2, 0) is 11.5 Å². The molecule has 4 aromatic heterocycles. The molecule has 10 heteroatoms. The van der Waals surface area contributed by atoms with Crippen LogP contribution < -0.4 is 0 Å². The Hall–Kier alpha value is -3.76. The summed E-state index contributed by atoms with van der Waals surface area (Å²) in [4.78, 5) is 9.21. The number of hydrogen-bond donors (Lipinski definition) is 2. The molecule has 4 heterocycles. The second kappa shape index (κ2) is 7.93. The number of nitrogens with zero attached hydrogens (tertiary/aromatic N) is 6. The number of aromatic nitrogens is 8. The van der Waals surface area contributed by atoms with E-state index in [0.29, 0.717) is 0 Å². The highest BCUT2D eigenvalue weighted by Gasteiger charge is 2.13. The van der Waals surface area contributed by atoms with Gasteiger partial charge in [0.2, 0.25) is 11.6 Å². The average molecular weight is 483 g/mol. The van der Waals surface area contributed by atoms with E-state index in [-0.39, 0.29) is 0 Å². The molecule has 0 aliphatic heterocycles. The zero-order valence-electron chi connectivity index (χ0n) is 17.8. The molecule has 0 aliphatic carbocycles. The van der Waals surface area contributed by atoms with Crippen LogP contribution in [0.1, 0.15) is 11.1 Å². The Kier molecular flexibility index (Phi) is 4.59. The minimum atomic E-state index is 0.770. The van der Waals surface area contributed by atoms with E-state index >= 15 is 0 Å². The van der Waals surface area contributed by atoms with Crippen LogP contribution in [0.15, 0.2) is 83.1 Å². The number of hydrogen-bond acceptors (Lipinski definition) is 6. The van der Waals surface area contributed by atoms with Crippen molar-refractivity contribution in [3.8, 4) is 0 Å². The first-order valence-corrected chi connectivity index (χ1v) is 12.8. The monoisotopic (exact) mass is 482 g/mol. The van der Waals surface area contributed by atoms with E-state index in [1.807, 2.05) is 36.4 Å². The summed E-state index contributed by atoms with van der Waals surface area (Å²) in [6, 6.07) is 24.9. The van der Waals surface area contributed by atoms with E-state index in [9.17, 15) is 0 Å². The van der Waals surface area contributed by atoms with E-state index in [2.05, 4.69) is 75.6 Å². The van der Waals surface area contributed by atoms with E-state index in [1.54, 1.807) is 23.5 Å². The number of para-hydroxylation sites is 4.